The van der Waals surface area contributed by atoms with Crippen LogP contribution in [0.3, 0.4) is 0 Å². The monoisotopic (exact) mass is 399 g/mol. The van der Waals surface area contributed by atoms with Gasteiger partial charge in [-0.1, -0.05) is 0 Å². The Kier molecular flexibility index (Phi) is 13.8. The van der Waals surface area contributed by atoms with E-state index in [0.29, 0.717) is 13.2 Å². The minimum absolute atomic E-state index is 0. The third kappa shape index (κ3) is 11.7. The molecule has 0 saturated heterocycles. The summed E-state index contributed by atoms with van der Waals surface area (Å²) in [6.45, 7) is 7.10. The van der Waals surface area contributed by atoms with Crippen molar-refractivity contribution >= 4 is 29.9 Å². The number of nitrogens with zero attached hydrogens (tertiary/aromatic N) is 1. The van der Waals surface area contributed by atoms with Crippen LogP contribution in [0.25, 0.3) is 0 Å². The Hall–Kier alpha value is -0.0800. The van der Waals surface area contributed by atoms with Crippen molar-refractivity contribution in [3.05, 3.63) is 0 Å². The topological polar surface area (TPSA) is 54.9 Å². The normalized spacial score (nSPS) is 14.8. The highest BCUT2D eigenvalue weighted by atomic mass is 127. The molecule has 0 radical (unpaired) electrons. The Morgan fingerprint density at radius 3 is 2.60 bits per heavy atom. The van der Waals surface area contributed by atoms with Gasteiger partial charge in [0, 0.05) is 33.4 Å². The van der Waals surface area contributed by atoms with Crippen LogP contribution in [0.15, 0.2) is 4.99 Å². The summed E-state index contributed by atoms with van der Waals surface area (Å²) in [5, 5.41) is 6.64. The zero-order valence-electron chi connectivity index (χ0n) is 12.8. The first-order valence-corrected chi connectivity index (χ1v) is 7.45. The smallest absolute Gasteiger partial charge is 0.191 e. The molecule has 0 aromatic rings. The van der Waals surface area contributed by atoms with Gasteiger partial charge in [-0.25, -0.2) is 0 Å². The zero-order chi connectivity index (χ0) is 13.8. The van der Waals surface area contributed by atoms with Gasteiger partial charge in [-0.15, -0.1) is 24.0 Å². The van der Waals surface area contributed by atoms with Gasteiger partial charge in [-0.2, -0.15) is 0 Å². The molecular weight excluding hydrogens is 369 g/mol. The summed E-state index contributed by atoms with van der Waals surface area (Å²) < 4.78 is 10.3. The largest absolute Gasteiger partial charge is 0.382 e. The van der Waals surface area contributed by atoms with Crippen molar-refractivity contribution in [1.29, 1.82) is 0 Å². The number of hydrogen-bond donors (Lipinski definition) is 2. The number of aliphatic imine (C=N–C) groups is 1. The first-order valence-electron chi connectivity index (χ1n) is 7.45. The molecule has 5 nitrogen and oxygen atoms in total. The summed E-state index contributed by atoms with van der Waals surface area (Å²) in [7, 11) is 1.69. The van der Waals surface area contributed by atoms with Gasteiger partial charge < -0.3 is 20.1 Å². The molecule has 2 N–H and O–H groups in total. The van der Waals surface area contributed by atoms with E-state index in [9.17, 15) is 0 Å². The van der Waals surface area contributed by atoms with Gasteiger partial charge in [0.15, 0.2) is 5.96 Å². The van der Waals surface area contributed by atoms with E-state index in [0.717, 1.165) is 51.0 Å². The van der Waals surface area contributed by atoms with Crippen LogP contribution < -0.4 is 10.6 Å². The van der Waals surface area contributed by atoms with E-state index in [2.05, 4.69) is 22.5 Å². The van der Waals surface area contributed by atoms with Gasteiger partial charge in [0.05, 0.1) is 13.2 Å². The summed E-state index contributed by atoms with van der Waals surface area (Å²) in [4.78, 5) is 4.58. The fraction of sp³-hybridized carbons (Fsp3) is 0.929. The first kappa shape index (κ1) is 19.9. The van der Waals surface area contributed by atoms with Crippen molar-refractivity contribution < 1.29 is 9.47 Å². The van der Waals surface area contributed by atoms with Crippen molar-refractivity contribution in [3.63, 3.8) is 0 Å². The highest BCUT2D eigenvalue weighted by molar-refractivity contribution is 14.0. The third-order valence-corrected chi connectivity index (χ3v) is 2.99. The zero-order valence-corrected chi connectivity index (χ0v) is 15.2. The summed E-state index contributed by atoms with van der Waals surface area (Å²) in [6.07, 6.45) is 4.86. The van der Waals surface area contributed by atoms with Gasteiger partial charge in [0.1, 0.15) is 0 Å². The standard InChI is InChI=1S/C14H29N3O2.HI/c1-3-15-14(17-12-13-6-7-13)16-8-4-5-9-19-11-10-18-2;/h13H,3-12H2,1-2H3,(H2,15,16,17);1H. The summed E-state index contributed by atoms with van der Waals surface area (Å²) in [5.74, 6) is 1.79. The lowest BCUT2D eigenvalue weighted by Crippen LogP contribution is -2.38. The third-order valence-electron chi connectivity index (χ3n) is 2.99. The minimum Gasteiger partial charge on any atom is -0.382 e. The molecule has 0 aromatic carbocycles. The number of methoxy groups -OCH3 is 1. The second-order valence-electron chi connectivity index (χ2n) is 4.90. The van der Waals surface area contributed by atoms with Crippen LogP contribution in [-0.2, 0) is 9.47 Å². The Morgan fingerprint density at radius 1 is 1.15 bits per heavy atom. The maximum atomic E-state index is 5.42. The van der Waals surface area contributed by atoms with E-state index in [1.807, 2.05) is 0 Å². The van der Waals surface area contributed by atoms with E-state index in [-0.39, 0.29) is 24.0 Å². The summed E-state index contributed by atoms with van der Waals surface area (Å²) in [6, 6.07) is 0. The molecule has 0 aliphatic heterocycles. The van der Waals surface area contributed by atoms with E-state index in [1.54, 1.807) is 7.11 Å². The van der Waals surface area contributed by atoms with Crippen molar-refractivity contribution in [2.24, 2.45) is 10.9 Å². The molecule has 120 valence electrons. The second kappa shape index (κ2) is 13.9. The predicted molar refractivity (Wildman–Crippen MR) is 94.0 cm³/mol. The molecule has 1 aliphatic rings. The van der Waals surface area contributed by atoms with Crippen molar-refractivity contribution in [1.82, 2.24) is 10.6 Å². The van der Waals surface area contributed by atoms with E-state index < -0.39 is 0 Å². The molecule has 0 atom stereocenters. The van der Waals surface area contributed by atoms with Crippen LogP contribution >= 0.6 is 24.0 Å². The van der Waals surface area contributed by atoms with Crippen molar-refractivity contribution in [2.75, 3.05) is 46.6 Å². The summed E-state index contributed by atoms with van der Waals surface area (Å²) in [5.41, 5.74) is 0. The molecule has 0 amide bonds. The molecule has 0 spiro atoms. The van der Waals surface area contributed by atoms with Gasteiger partial charge in [0.25, 0.3) is 0 Å². The quantitative estimate of drug-likeness (QED) is 0.242. The molecule has 1 saturated carbocycles. The first-order chi connectivity index (χ1) is 9.36. The number of ether oxygens (including phenoxy) is 2. The molecule has 6 heteroatoms. The maximum Gasteiger partial charge on any atom is 0.191 e. The van der Waals surface area contributed by atoms with Crippen LogP contribution in [0.4, 0.5) is 0 Å². The average Bonchev–Trinajstić information content (AvgIpc) is 3.23. The van der Waals surface area contributed by atoms with Crippen molar-refractivity contribution in [2.45, 2.75) is 32.6 Å². The lowest BCUT2D eigenvalue weighted by Gasteiger charge is -2.11. The van der Waals surface area contributed by atoms with E-state index in [1.165, 1.54) is 12.8 Å². The fourth-order valence-electron chi connectivity index (χ4n) is 1.64. The van der Waals surface area contributed by atoms with Crippen molar-refractivity contribution in [3.8, 4) is 0 Å². The van der Waals surface area contributed by atoms with Crippen LogP contribution in [-0.4, -0.2) is 52.5 Å². The summed E-state index contributed by atoms with van der Waals surface area (Å²) >= 11 is 0. The average molecular weight is 399 g/mol. The van der Waals surface area contributed by atoms with Crippen LogP contribution in [0.5, 0.6) is 0 Å². The number of unbranched alkanes of at least 4 members (excludes halogenated alkanes) is 1. The molecule has 0 unspecified atom stereocenters. The van der Waals surface area contributed by atoms with E-state index in [4.69, 9.17) is 9.47 Å². The Labute approximate surface area is 140 Å². The minimum atomic E-state index is 0. The second-order valence-corrected chi connectivity index (χ2v) is 4.90. The molecule has 1 rings (SSSR count). The van der Waals surface area contributed by atoms with Crippen LogP contribution in [0.2, 0.25) is 0 Å². The SMILES string of the molecule is CCNC(=NCC1CC1)NCCCCOCCOC.I. The molecule has 1 aliphatic carbocycles. The molecule has 0 aromatic heterocycles. The lowest BCUT2D eigenvalue weighted by atomic mass is 10.3. The maximum absolute atomic E-state index is 5.42. The van der Waals surface area contributed by atoms with Gasteiger partial charge in [-0.05, 0) is 38.5 Å². The number of hydrogen-bond acceptors (Lipinski definition) is 3. The van der Waals surface area contributed by atoms with E-state index >= 15 is 0 Å². The highest BCUT2D eigenvalue weighted by Crippen LogP contribution is 2.28. The van der Waals surface area contributed by atoms with Gasteiger partial charge in [-0.3, -0.25) is 4.99 Å². The number of halogens is 1. The Morgan fingerprint density at radius 2 is 1.95 bits per heavy atom. The van der Waals surface area contributed by atoms with Gasteiger partial charge >= 0.3 is 0 Å². The fourth-order valence-corrected chi connectivity index (χ4v) is 1.64. The van der Waals surface area contributed by atoms with Crippen LogP contribution in [0.1, 0.15) is 32.6 Å². The number of guanidine groups is 1. The number of nitrogens with one attached hydrogen (secondary N) is 2. The molecular formula is C14H30IN3O2. The number of rotatable bonds is 11. The molecule has 0 heterocycles. The Balaban J connectivity index is 0.00000361. The Bertz CT molecular complexity index is 249. The lowest BCUT2D eigenvalue weighted by molar-refractivity contribution is 0.0689. The molecule has 0 bridgehead atoms. The predicted octanol–water partition coefficient (Wildman–Crippen LogP) is 2.01. The van der Waals surface area contributed by atoms with Gasteiger partial charge in [0.2, 0.25) is 0 Å². The van der Waals surface area contributed by atoms with Crippen LogP contribution in [0, 0.1) is 5.92 Å². The highest BCUT2D eigenvalue weighted by Gasteiger charge is 2.20. The molecule has 20 heavy (non-hydrogen) atoms. The molecule has 1 fully saturated rings.